The Kier molecular flexibility index (Phi) is 3.72. The second kappa shape index (κ2) is 5.53. The van der Waals surface area contributed by atoms with E-state index >= 15 is 0 Å². The lowest BCUT2D eigenvalue weighted by atomic mass is 9.80. The third-order valence-electron chi connectivity index (χ3n) is 4.01. The number of hydrogen-bond donors (Lipinski definition) is 1. The van der Waals surface area contributed by atoms with Crippen molar-refractivity contribution in [3.8, 4) is 11.5 Å². The average molecular weight is 301 g/mol. The highest BCUT2D eigenvalue weighted by atomic mass is 32.1. The first kappa shape index (κ1) is 14.1. The van der Waals surface area contributed by atoms with Crippen molar-refractivity contribution in [2.45, 2.75) is 25.7 Å². The van der Waals surface area contributed by atoms with Gasteiger partial charge in [0.2, 0.25) is 0 Å². The lowest BCUT2D eigenvalue weighted by Gasteiger charge is -2.27. The van der Waals surface area contributed by atoms with Gasteiger partial charge in [0.25, 0.3) is 0 Å². The summed E-state index contributed by atoms with van der Waals surface area (Å²) in [5.74, 6) is 1.57. The predicted molar refractivity (Wildman–Crippen MR) is 86.5 cm³/mol. The third-order valence-corrected chi connectivity index (χ3v) is 5.08. The largest absolute Gasteiger partial charge is 0.493 e. The van der Waals surface area contributed by atoms with Crippen LogP contribution in [-0.4, -0.2) is 19.9 Å². The highest BCUT2D eigenvalue weighted by molar-refractivity contribution is 7.12. The highest BCUT2D eigenvalue weighted by Crippen LogP contribution is 2.42. The summed E-state index contributed by atoms with van der Waals surface area (Å²) in [7, 11) is 3.32. The van der Waals surface area contributed by atoms with Crippen molar-refractivity contribution in [3.63, 3.8) is 0 Å². The van der Waals surface area contributed by atoms with Crippen LogP contribution < -0.4 is 9.47 Å². The van der Waals surface area contributed by atoms with Crippen LogP contribution in [0.3, 0.4) is 0 Å². The molecule has 1 aromatic carbocycles. The fourth-order valence-electron chi connectivity index (χ4n) is 2.96. The Labute approximate surface area is 129 Å². The molecule has 1 atom stereocenters. The summed E-state index contributed by atoms with van der Waals surface area (Å²) in [5, 5.41) is 8.38. The number of hydrogen-bond acceptors (Lipinski definition) is 4. The minimum Gasteiger partial charge on any atom is -0.493 e. The van der Waals surface area contributed by atoms with Crippen molar-refractivity contribution in [1.29, 1.82) is 5.41 Å². The zero-order chi connectivity index (χ0) is 15.0. The molecule has 3 rings (SSSR count). The minimum absolute atomic E-state index is 0.0623. The van der Waals surface area contributed by atoms with Gasteiger partial charge in [-0.2, -0.15) is 0 Å². The van der Waals surface area contributed by atoms with Crippen LogP contribution in [0.5, 0.6) is 11.5 Å². The molecule has 1 aliphatic carbocycles. The molecule has 1 N–H and O–H groups in total. The van der Waals surface area contributed by atoms with Crippen LogP contribution in [0.2, 0.25) is 0 Å². The molecule has 0 fully saturated rings. The molecule has 21 heavy (non-hydrogen) atoms. The first-order valence-electron chi connectivity index (χ1n) is 7.02. The Morgan fingerprint density at radius 3 is 2.43 bits per heavy atom. The predicted octanol–water partition coefficient (Wildman–Crippen LogP) is 4.17. The van der Waals surface area contributed by atoms with Gasteiger partial charge in [-0.3, -0.25) is 0 Å². The maximum Gasteiger partial charge on any atom is 0.161 e. The SMILES string of the molecule is COc1cc2c(cc1OC)C(c1ccc(C)s1)C(=N)CC2. The van der Waals surface area contributed by atoms with Gasteiger partial charge in [-0.25, -0.2) is 0 Å². The van der Waals surface area contributed by atoms with Gasteiger partial charge < -0.3 is 14.9 Å². The maximum absolute atomic E-state index is 8.38. The van der Waals surface area contributed by atoms with E-state index in [2.05, 4.69) is 25.1 Å². The third kappa shape index (κ3) is 2.44. The van der Waals surface area contributed by atoms with Crippen molar-refractivity contribution in [2.75, 3.05) is 14.2 Å². The second-order valence-electron chi connectivity index (χ2n) is 5.31. The van der Waals surface area contributed by atoms with Gasteiger partial charge in [0.1, 0.15) is 0 Å². The fraction of sp³-hybridized carbons (Fsp3) is 0.353. The molecule has 110 valence electrons. The molecule has 1 heterocycles. The van der Waals surface area contributed by atoms with Gasteiger partial charge in [0.05, 0.1) is 20.1 Å². The van der Waals surface area contributed by atoms with Crippen molar-refractivity contribution in [1.82, 2.24) is 0 Å². The Morgan fingerprint density at radius 2 is 1.81 bits per heavy atom. The quantitative estimate of drug-likeness (QED) is 0.924. The van der Waals surface area contributed by atoms with E-state index in [0.29, 0.717) is 0 Å². The monoisotopic (exact) mass is 301 g/mol. The fourth-order valence-corrected chi connectivity index (χ4v) is 3.99. The maximum atomic E-state index is 8.38. The van der Waals surface area contributed by atoms with Gasteiger partial charge in [-0.05, 0) is 55.2 Å². The molecule has 0 radical (unpaired) electrons. The molecular formula is C17H19NO2S. The van der Waals surface area contributed by atoms with E-state index in [9.17, 15) is 0 Å². The van der Waals surface area contributed by atoms with E-state index < -0.39 is 0 Å². The summed E-state index contributed by atoms with van der Waals surface area (Å²) in [6.07, 6.45) is 1.71. The Bertz CT molecular complexity index is 690. The Morgan fingerprint density at radius 1 is 1.10 bits per heavy atom. The highest BCUT2D eigenvalue weighted by Gasteiger charge is 2.29. The summed E-state index contributed by atoms with van der Waals surface area (Å²) >= 11 is 1.77. The van der Waals surface area contributed by atoms with Crippen LogP contribution >= 0.6 is 11.3 Å². The van der Waals surface area contributed by atoms with Crippen LogP contribution in [-0.2, 0) is 6.42 Å². The molecule has 1 aliphatic rings. The van der Waals surface area contributed by atoms with Crippen molar-refractivity contribution in [2.24, 2.45) is 0 Å². The van der Waals surface area contributed by atoms with Crippen LogP contribution in [0.15, 0.2) is 24.3 Å². The van der Waals surface area contributed by atoms with Gasteiger partial charge >= 0.3 is 0 Å². The van der Waals surface area contributed by atoms with Crippen LogP contribution in [0.25, 0.3) is 0 Å². The number of thiophene rings is 1. The van der Waals surface area contributed by atoms with Crippen molar-refractivity contribution >= 4 is 17.0 Å². The second-order valence-corrected chi connectivity index (χ2v) is 6.63. The summed E-state index contributed by atoms with van der Waals surface area (Å²) in [6, 6.07) is 8.38. The summed E-state index contributed by atoms with van der Waals surface area (Å²) < 4.78 is 10.8. The van der Waals surface area contributed by atoms with Crippen molar-refractivity contribution < 1.29 is 9.47 Å². The first-order valence-corrected chi connectivity index (χ1v) is 7.84. The summed E-state index contributed by atoms with van der Waals surface area (Å²) in [6.45, 7) is 2.11. The molecule has 0 saturated heterocycles. The van der Waals surface area contributed by atoms with Gasteiger partial charge in [-0.15, -0.1) is 11.3 Å². The normalized spacial score (nSPS) is 17.5. The number of fused-ring (bicyclic) bond motifs is 1. The van der Waals surface area contributed by atoms with Crippen LogP contribution in [0.1, 0.15) is 33.2 Å². The average Bonchev–Trinajstić information content (AvgIpc) is 2.91. The number of rotatable bonds is 3. The van der Waals surface area contributed by atoms with Gasteiger partial charge in [0.15, 0.2) is 11.5 Å². The number of methoxy groups -OCH3 is 2. The van der Waals surface area contributed by atoms with E-state index in [0.717, 1.165) is 30.1 Å². The van der Waals surface area contributed by atoms with E-state index in [1.807, 2.05) is 6.07 Å². The smallest absolute Gasteiger partial charge is 0.161 e. The van der Waals surface area contributed by atoms with Crippen molar-refractivity contribution in [3.05, 3.63) is 45.1 Å². The molecule has 2 aromatic rings. The minimum atomic E-state index is 0.0623. The Hall–Kier alpha value is -1.81. The zero-order valence-electron chi connectivity index (χ0n) is 12.5. The van der Waals surface area contributed by atoms with E-state index in [1.165, 1.54) is 20.9 Å². The Balaban J connectivity index is 2.14. The molecule has 1 aromatic heterocycles. The molecule has 3 nitrogen and oxygen atoms in total. The van der Waals surface area contributed by atoms with Gasteiger partial charge in [-0.1, -0.05) is 0 Å². The number of aryl methyl sites for hydroxylation is 2. The molecule has 0 spiro atoms. The van der Waals surface area contributed by atoms with E-state index in [-0.39, 0.29) is 5.92 Å². The summed E-state index contributed by atoms with van der Waals surface area (Å²) in [4.78, 5) is 2.52. The van der Waals surface area contributed by atoms with E-state index in [1.54, 1.807) is 25.6 Å². The lowest BCUT2D eigenvalue weighted by Crippen LogP contribution is -2.20. The van der Waals surface area contributed by atoms with Gasteiger partial charge in [0, 0.05) is 15.5 Å². The molecular weight excluding hydrogens is 282 g/mol. The molecule has 0 saturated carbocycles. The summed E-state index contributed by atoms with van der Waals surface area (Å²) in [5.41, 5.74) is 3.24. The molecule has 0 amide bonds. The van der Waals surface area contributed by atoms with E-state index in [4.69, 9.17) is 14.9 Å². The number of nitrogens with one attached hydrogen (secondary N) is 1. The molecule has 1 unspecified atom stereocenters. The van der Waals surface area contributed by atoms with Crippen LogP contribution in [0.4, 0.5) is 0 Å². The zero-order valence-corrected chi connectivity index (χ0v) is 13.3. The molecule has 0 aliphatic heterocycles. The van der Waals surface area contributed by atoms with Crippen LogP contribution in [0, 0.1) is 12.3 Å². The number of ether oxygens (including phenoxy) is 2. The lowest BCUT2D eigenvalue weighted by molar-refractivity contribution is 0.354. The standard InChI is InChI=1S/C17H19NO2S/c1-10-4-7-16(21-10)17-12-9-15(20-3)14(19-2)8-11(12)5-6-13(17)18/h4,7-9,17-18H,5-6H2,1-3H3. The molecule has 0 bridgehead atoms. The first-order chi connectivity index (χ1) is 10.1. The molecule has 4 heteroatoms. The topological polar surface area (TPSA) is 42.3 Å². The number of benzene rings is 1.